The Morgan fingerprint density at radius 2 is 1.82 bits per heavy atom. The Labute approximate surface area is 237 Å². The molecule has 1 aromatic heterocycles. The number of hydrogen-bond acceptors (Lipinski definition) is 6. The Morgan fingerprint density at radius 1 is 1.05 bits per heavy atom. The van der Waals surface area contributed by atoms with Crippen molar-refractivity contribution in [3.63, 3.8) is 0 Å². The number of aromatic nitrogens is 1. The molecule has 3 aromatic rings. The normalized spacial score (nSPS) is 24.4. The zero-order valence-electron chi connectivity index (χ0n) is 23.7. The molecule has 3 aliphatic rings. The van der Waals surface area contributed by atoms with Gasteiger partial charge in [-0.25, -0.2) is 0 Å². The molecule has 1 aliphatic carbocycles. The lowest BCUT2D eigenvalue weighted by atomic mass is 9.83. The molecular weight excluding hydrogens is 502 g/mol. The average Bonchev–Trinajstić information content (AvgIpc) is 3.59. The van der Waals surface area contributed by atoms with Crippen LogP contribution in [-0.4, -0.2) is 71.4 Å². The lowest BCUT2D eigenvalue weighted by Gasteiger charge is -2.35. The van der Waals surface area contributed by atoms with Gasteiger partial charge in [-0.3, -0.25) is 9.69 Å². The predicted octanol–water partition coefficient (Wildman–Crippen LogP) is 6.16. The number of piperidine rings is 1. The van der Waals surface area contributed by atoms with E-state index >= 15 is 0 Å². The van der Waals surface area contributed by atoms with Crippen LogP contribution >= 0.6 is 0 Å². The highest BCUT2D eigenvalue weighted by Gasteiger charge is 2.43. The Morgan fingerprint density at radius 3 is 2.55 bits per heavy atom. The van der Waals surface area contributed by atoms with E-state index in [1.165, 1.54) is 12.0 Å². The van der Waals surface area contributed by atoms with E-state index < -0.39 is 5.97 Å². The molecule has 0 spiro atoms. The van der Waals surface area contributed by atoms with Gasteiger partial charge in [-0.2, -0.15) is 0 Å². The molecule has 1 saturated carbocycles. The summed E-state index contributed by atoms with van der Waals surface area (Å²) in [4.78, 5) is 17.5. The number of hydrogen-bond donors (Lipinski definition) is 1. The second-order valence-electron chi connectivity index (χ2n) is 12.1. The summed E-state index contributed by atoms with van der Waals surface area (Å²) in [7, 11) is 0. The maximum atomic E-state index is 12.5. The van der Waals surface area contributed by atoms with E-state index in [1.54, 1.807) is 0 Å². The molecule has 3 fully saturated rings. The third-order valence-corrected chi connectivity index (χ3v) is 9.69. The van der Waals surface area contributed by atoms with Crippen LogP contribution in [0.25, 0.3) is 11.0 Å². The largest absolute Gasteiger partial charge is 0.494 e. The van der Waals surface area contributed by atoms with Crippen molar-refractivity contribution in [2.24, 2.45) is 11.8 Å². The summed E-state index contributed by atoms with van der Waals surface area (Å²) in [6, 6.07) is 16.5. The number of nitrogens with zero attached hydrogens (tertiary/aromatic N) is 3. The van der Waals surface area contributed by atoms with Gasteiger partial charge in [0.2, 0.25) is 0 Å². The zero-order valence-corrected chi connectivity index (χ0v) is 23.7. The van der Waals surface area contributed by atoms with E-state index in [1.807, 2.05) is 19.1 Å². The number of benzene rings is 2. The first-order valence-corrected chi connectivity index (χ1v) is 15.4. The fourth-order valence-electron chi connectivity index (χ4n) is 7.71. The summed E-state index contributed by atoms with van der Waals surface area (Å²) in [6.45, 7) is 7.38. The van der Waals surface area contributed by atoms with Crippen LogP contribution in [0.4, 0.5) is 0 Å². The number of fused-ring (bicyclic) bond motifs is 1. The van der Waals surface area contributed by atoms with E-state index in [0.717, 1.165) is 93.7 Å². The molecule has 6 rings (SSSR count). The van der Waals surface area contributed by atoms with Crippen molar-refractivity contribution in [2.75, 3.05) is 39.3 Å². The number of rotatable bonds is 9. The van der Waals surface area contributed by atoms with Crippen LogP contribution in [-0.2, 0) is 4.79 Å². The number of ether oxygens (including phenoxy) is 1. The van der Waals surface area contributed by atoms with Crippen molar-refractivity contribution >= 4 is 16.9 Å². The highest BCUT2D eigenvalue weighted by molar-refractivity contribution is 5.81. The van der Waals surface area contributed by atoms with Crippen LogP contribution in [0.15, 0.2) is 53.1 Å². The number of aliphatic carboxylic acids is 1. The fourth-order valence-corrected chi connectivity index (χ4v) is 7.71. The molecule has 214 valence electrons. The Balaban J connectivity index is 1.13. The van der Waals surface area contributed by atoms with E-state index in [-0.39, 0.29) is 12.0 Å². The minimum Gasteiger partial charge on any atom is -0.494 e. The molecule has 0 amide bonds. The molecule has 7 nitrogen and oxygen atoms in total. The van der Waals surface area contributed by atoms with Crippen molar-refractivity contribution in [1.29, 1.82) is 0 Å². The Bertz CT molecular complexity index is 1260. The van der Waals surface area contributed by atoms with Crippen molar-refractivity contribution in [3.05, 3.63) is 59.8 Å². The van der Waals surface area contributed by atoms with Crippen LogP contribution in [0.2, 0.25) is 0 Å². The first kappa shape index (κ1) is 27.3. The van der Waals surface area contributed by atoms with Crippen molar-refractivity contribution in [2.45, 2.75) is 69.7 Å². The summed E-state index contributed by atoms with van der Waals surface area (Å²) < 4.78 is 11.3. The molecule has 2 aromatic carbocycles. The van der Waals surface area contributed by atoms with Gasteiger partial charge in [-0.05, 0) is 75.2 Å². The van der Waals surface area contributed by atoms with Gasteiger partial charge in [0.25, 0.3) is 0 Å². The summed E-state index contributed by atoms with van der Waals surface area (Å²) >= 11 is 0. The number of likely N-dealkylation sites (tertiary alicyclic amines) is 2. The number of carbonyl (C=O) groups is 1. The maximum Gasteiger partial charge on any atom is 0.321 e. The Hall–Kier alpha value is -2.90. The predicted molar refractivity (Wildman–Crippen MR) is 156 cm³/mol. The molecule has 2 aliphatic heterocycles. The van der Waals surface area contributed by atoms with Gasteiger partial charge in [0.1, 0.15) is 11.8 Å². The summed E-state index contributed by atoms with van der Waals surface area (Å²) in [5.74, 6) is 1.65. The second kappa shape index (κ2) is 12.3. The summed E-state index contributed by atoms with van der Waals surface area (Å²) in [6.07, 6.45) is 7.78. The minimum atomic E-state index is -0.631. The van der Waals surface area contributed by atoms with Gasteiger partial charge in [-0.1, -0.05) is 54.8 Å². The number of carboxylic acids is 1. The Kier molecular flexibility index (Phi) is 8.40. The molecule has 0 bridgehead atoms. The smallest absolute Gasteiger partial charge is 0.321 e. The SMILES string of the molecule is CCOc1ccc2c(C3CCN(C[C@H]4CN([C@@H](C(=O)O)C5CCCCC5)C[C@@H]4c4ccccc4)CC3)noc2c1. The monoisotopic (exact) mass is 545 g/mol. The average molecular weight is 546 g/mol. The molecule has 2 saturated heterocycles. The van der Waals surface area contributed by atoms with Crippen LogP contribution in [0.1, 0.15) is 75.0 Å². The van der Waals surface area contributed by atoms with Gasteiger partial charge in [-0.15, -0.1) is 0 Å². The molecule has 40 heavy (non-hydrogen) atoms. The van der Waals surface area contributed by atoms with Gasteiger partial charge < -0.3 is 19.3 Å². The third kappa shape index (κ3) is 5.77. The first-order valence-electron chi connectivity index (χ1n) is 15.4. The van der Waals surface area contributed by atoms with Crippen molar-refractivity contribution in [1.82, 2.24) is 15.0 Å². The lowest BCUT2D eigenvalue weighted by molar-refractivity contribution is -0.145. The van der Waals surface area contributed by atoms with Gasteiger partial charge >= 0.3 is 5.97 Å². The van der Waals surface area contributed by atoms with Crippen LogP contribution in [0.5, 0.6) is 5.75 Å². The fraction of sp³-hybridized carbons (Fsp3) is 0.576. The van der Waals surface area contributed by atoms with Crippen LogP contribution < -0.4 is 4.74 Å². The topological polar surface area (TPSA) is 79.0 Å². The lowest BCUT2D eigenvalue weighted by Crippen LogP contribution is -2.46. The van der Waals surface area contributed by atoms with E-state index in [9.17, 15) is 9.90 Å². The molecule has 3 atom stereocenters. The van der Waals surface area contributed by atoms with Crippen molar-refractivity contribution < 1.29 is 19.2 Å². The quantitative estimate of drug-likeness (QED) is 0.345. The third-order valence-electron chi connectivity index (χ3n) is 9.69. The molecule has 7 heteroatoms. The number of carboxylic acid groups (broad SMARTS) is 1. The van der Waals surface area contributed by atoms with E-state index in [4.69, 9.17) is 9.26 Å². The van der Waals surface area contributed by atoms with Gasteiger partial charge in [0, 0.05) is 42.9 Å². The van der Waals surface area contributed by atoms with E-state index in [2.05, 4.69) is 51.4 Å². The molecule has 0 unspecified atom stereocenters. The first-order chi connectivity index (χ1) is 19.6. The molecule has 0 radical (unpaired) electrons. The van der Waals surface area contributed by atoms with Gasteiger partial charge in [0.05, 0.1) is 12.3 Å². The summed E-state index contributed by atoms with van der Waals surface area (Å²) in [5.41, 5.74) is 3.22. The maximum absolute atomic E-state index is 12.5. The minimum absolute atomic E-state index is 0.277. The van der Waals surface area contributed by atoms with Gasteiger partial charge in [0.15, 0.2) is 5.58 Å². The molecule has 3 heterocycles. The second-order valence-corrected chi connectivity index (χ2v) is 12.1. The van der Waals surface area contributed by atoms with E-state index in [0.29, 0.717) is 24.4 Å². The standard InChI is InChI=1S/C33H43N3O4/c1-2-39-27-13-14-28-30(19-27)40-34-31(28)24-15-17-35(18-16-24)20-26-21-36(22-29(26)23-9-5-3-6-10-23)32(33(37)38)25-11-7-4-8-12-25/h3,5-6,9-10,13-14,19,24-26,29,32H,2,4,7-8,11-12,15-18,20-22H2,1H3,(H,37,38)/t26-,29+,32+/m0/s1. The van der Waals surface area contributed by atoms with Crippen molar-refractivity contribution in [3.8, 4) is 5.75 Å². The van der Waals surface area contributed by atoms with Crippen LogP contribution in [0.3, 0.4) is 0 Å². The highest BCUT2D eigenvalue weighted by Crippen LogP contribution is 2.40. The van der Waals surface area contributed by atoms with Crippen LogP contribution in [0, 0.1) is 11.8 Å². The molecular formula is C33H43N3O4. The zero-order chi connectivity index (χ0) is 27.5. The molecule has 1 N–H and O–H groups in total. The summed E-state index contributed by atoms with van der Waals surface area (Å²) in [5, 5.41) is 15.9. The highest BCUT2D eigenvalue weighted by atomic mass is 16.5.